The van der Waals surface area contributed by atoms with Crippen molar-refractivity contribution in [1.29, 1.82) is 0 Å². The number of nitrogens with one attached hydrogen (secondary N) is 2. The topological polar surface area (TPSA) is 67.4 Å². The average Bonchev–Trinajstić information content (AvgIpc) is 2.32. The Morgan fingerprint density at radius 3 is 2.67 bits per heavy atom. The summed E-state index contributed by atoms with van der Waals surface area (Å²) < 4.78 is 17.9. The Bertz CT molecular complexity index is 424. The zero-order chi connectivity index (χ0) is 13.4. The Morgan fingerprint density at radius 1 is 1.28 bits per heavy atom. The smallest absolute Gasteiger partial charge is 0.319 e. The quantitative estimate of drug-likeness (QED) is 0.741. The van der Waals surface area contributed by atoms with Crippen LogP contribution in [0.3, 0.4) is 0 Å². The number of hydrogen-bond acceptors (Lipinski definition) is 4. The average molecular weight is 254 g/mol. The van der Waals surface area contributed by atoms with E-state index < -0.39 is 17.7 Å². The molecule has 0 saturated heterocycles. The van der Waals surface area contributed by atoms with Crippen LogP contribution in [0.15, 0.2) is 24.3 Å². The molecule has 0 fully saturated rings. The van der Waals surface area contributed by atoms with Gasteiger partial charge in [-0.05, 0) is 19.1 Å². The van der Waals surface area contributed by atoms with Crippen molar-refractivity contribution in [2.24, 2.45) is 0 Å². The number of ether oxygens (including phenoxy) is 1. The predicted octanol–water partition coefficient (Wildman–Crippen LogP) is 0.917. The molecule has 1 aromatic carbocycles. The molecule has 0 unspecified atom stereocenters. The Hall–Kier alpha value is -1.95. The molecule has 0 atom stereocenters. The molecular weight excluding hydrogens is 239 g/mol. The van der Waals surface area contributed by atoms with Gasteiger partial charge in [0.05, 0.1) is 25.4 Å². The molecule has 5 nitrogen and oxygen atoms in total. The molecule has 0 bridgehead atoms. The Labute approximate surface area is 104 Å². The summed E-state index contributed by atoms with van der Waals surface area (Å²) in [5, 5.41) is 4.99. The van der Waals surface area contributed by atoms with Crippen molar-refractivity contribution < 1.29 is 18.7 Å². The maximum atomic E-state index is 13.2. The summed E-state index contributed by atoms with van der Waals surface area (Å²) in [6, 6.07) is 5.86. The lowest BCUT2D eigenvalue weighted by molar-refractivity contribution is -0.141. The van der Waals surface area contributed by atoms with Gasteiger partial charge in [-0.3, -0.25) is 14.9 Å². The zero-order valence-corrected chi connectivity index (χ0v) is 10.0. The fourth-order valence-electron chi connectivity index (χ4n) is 1.25. The van der Waals surface area contributed by atoms with Gasteiger partial charge in [0.15, 0.2) is 0 Å². The van der Waals surface area contributed by atoms with Crippen molar-refractivity contribution in [3.8, 4) is 0 Å². The van der Waals surface area contributed by atoms with E-state index in [1.165, 1.54) is 18.2 Å². The molecule has 0 aromatic heterocycles. The largest absolute Gasteiger partial charge is 0.465 e. The van der Waals surface area contributed by atoms with Crippen LogP contribution in [-0.2, 0) is 14.3 Å². The number of amides is 1. The maximum absolute atomic E-state index is 13.2. The van der Waals surface area contributed by atoms with Gasteiger partial charge in [-0.2, -0.15) is 0 Å². The first-order valence-corrected chi connectivity index (χ1v) is 5.54. The first-order valence-electron chi connectivity index (χ1n) is 5.54. The second-order valence-corrected chi connectivity index (χ2v) is 3.44. The minimum Gasteiger partial charge on any atom is -0.465 e. The maximum Gasteiger partial charge on any atom is 0.319 e. The number of halogens is 1. The summed E-state index contributed by atoms with van der Waals surface area (Å²) in [6.07, 6.45) is 0. The summed E-state index contributed by atoms with van der Waals surface area (Å²) in [6.45, 7) is 1.84. The molecule has 1 aromatic rings. The first-order chi connectivity index (χ1) is 8.63. The highest BCUT2D eigenvalue weighted by atomic mass is 19.1. The van der Waals surface area contributed by atoms with Crippen LogP contribution in [0.5, 0.6) is 0 Å². The van der Waals surface area contributed by atoms with Gasteiger partial charge in [0.2, 0.25) is 5.91 Å². The van der Waals surface area contributed by atoms with E-state index >= 15 is 0 Å². The number of carbonyl (C=O) groups is 2. The van der Waals surface area contributed by atoms with Crippen molar-refractivity contribution in [3.63, 3.8) is 0 Å². The Balaban J connectivity index is 2.30. The van der Waals surface area contributed by atoms with Gasteiger partial charge in [-0.25, -0.2) is 4.39 Å². The zero-order valence-electron chi connectivity index (χ0n) is 10.0. The summed E-state index contributed by atoms with van der Waals surface area (Å²) in [5.41, 5.74) is 0.112. The summed E-state index contributed by atoms with van der Waals surface area (Å²) >= 11 is 0. The van der Waals surface area contributed by atoms with E-state index in [1.54, 1.807) is 13.0 Å². The van der Waals surface area contributed by atoms with Crippen LogP contribution in [0.4, 0.5) is 10.1 Å². The fourth-order valence-corrected chi connectivity index (χ4v) is 1.25. The fraction of sp³-hybridized carbons (Fsp3) is 0.333. The summed E-state index contributed by atoms with van der Waals surface area (Å²) in [5.74, 6) is -1.36. The third-order valence-electron chi connectivity index (χ3n) is 2.01. The predicted molar refractivity (Wildman–Crippen MR) is 64.5 cm³/mol. The first kappa shape index (κ1) is 14.1. The van der Waals surface area contributed by atoms with Gasteiger partial charge in [0.25, 0.3) is 0 Å². The van der Waals surface area contributed by atoms with Gasteiger partial charge in [0, 0.05) is 0 Å². The van der Waals surface area contributed by atoms with Crippen molar-refractivity contribution >= 4 is 17.6 Å². The van der Waals surface area contributed by atoms with Gasteiger partial charge in [-0.1, -0.05) is 12.1 Å². The molecule has 2 N–H and O–H groups in total. The number of anilines is 1. The number of esters is 1. The third-order valence-corrected chi connectivity index (χ3v) is 2.01. The number of carbonyl (C=O) groups excluding carboxylic acids is 2. The van der Waals surface area contributed by atoms with Crippen LogP contribution in [0.2, 0.25) is 0 Å². The third kappa shape index (κ3) is 4.92. The molecule has 18 heavy (non-hydrogen) atoms. The lowest BCUT2D eigenvalue weighted by Crippen LogP contribution is -2.32. The molecule has 0 aliphatic carbocycles. The molecule has 0 spiro atoms. The van der Waals surface area contributed by atoms with E-state index in [1.807, 2.05) is 0 Å². The summed E-state index contributed by atoms with van der Waals surface area (Å²) in [7, 11) is 0. The van der Waals surface area contributed by atoms with Gasteiger partial charge >= 0.3 is 5.97 Å². The van der Waals surface area contributed by atoms with Crippen molar-refractivity contribution in [1.82, 2.24) is 5.32 Å². The van der Waals surface area contributed by atoms with Gasteiger partial charge in [-0.15, -0.1) is 0 Å². The molecular formula is C12H15FN2O3. The number of hydrogen-bond donors (Lipinski definition) is 2. The van der Waals surface area contributed by atoms with E-state index in [9.17, 15) is 14.0 Å². The number of benzene rings is 1. The second-order valence-electron chi connectivity index (χ2n) is 3.44. The monoisotopic (exact) mass is 254 g/mol. The minimum atomic E-state index is -0.503. The van der Waals surface area contributed by atoms with Crippen molar-refractivity contribution in [3.05, 3.63) is 30.1 Å². The van der Waals surface area contributed by atoms with Crippen LogP contribution >= 0.6 is 0 Å². The summed E-state index contributed by atoms with van der Waals surface area (Å²) in [4.78, 5) is 22.4. The number of para-hydroxylation sites is 1. The minimum absolute atomic E-state index is 0.0570. The molecule has 1 amide bonds. The molecule has 98 valence electrons. The molecule has 0 aliphatic rings. The van der Waals surface area contributed by atoms with E-state index in [4.69, 9.17) is 0 Å². The van der Waals surface area contributed by atoms with E-state index in [2.05, 4.69) is 15.4 Å². The van der Waals surface area contributed by atoms with E-state index in [0.717, 1.165) is 0 Å². The highest BCUT2D eigenvalue weighted by Crippen LogP contribution is 2.11. The van der Waals surface area contributed by atoms with Crippen LogP contribution in [0, 0.1) is 5.82 Å². The Kier molecular flexibility index (Phi) is 5.79. The highest BCUT2D eigenvalue weighted by molar-refractivity contribution is 5.92. The van der Waals surface area contributed by atoms with Crippen LogP contribution in [-0.4, -0.2) is 31.6 Å². The van der Waals surface area contributed by atoms with E-state index in [-0.39, 0.29) is 18.8 Å². The molecule has 0 heterocycles. The molecule has 0 radical (unpaired) electrons. The van der Waals surface area contributed by atoms with Crippen LogP contribution in [0.1, 0.15) is 6.92 Å². The second kappa shape index (κ2) is 7.39. The lowest BCUT2D eigenvalue weighted by atomic mass is 10.3. The molecule has 0 aliphatic heterocycles. The molecule has 0 saturated carbocycles. The van der Waals surface area contributed by atoms with E-state index in [0.29, 0.717) is 6.61 Å². The SMILES string of the molecule is CCOC(=O)CNCC(=O)Nc1ccccc1F. The van der Waals surface area contributed by atoms with Crippen LogP contribution in [0.25, 0.3) is 0 Å². The normalized spacial score (nSPS) is 9.89. The van der Waals surface area contributed by atoms with Crippen molar-refractivity contribution in [2.75, 3.05) is 25.0 Å². The van der Waals surface area contributed by atoms with Gasteiger partial charge in [0.1, 0.15) is 5.82 Å². The molecule has 1 rings (SSSR count). The van der Waals surface area contributed by atoms with Crippen LogP contribution < -0.4 is 10.6 Å². The highest BCUT2D eigenvalue weighted by Gasteiger charge is 2.07. The number of rotatable bonds is 6. The lowest BCUT2D eigenvalue weighted by Gasteiger charge is -2.07. The van der Waals surface area contributed by atoms with Gasteiger partial charge < -0.3 is 10.1 Å². The Morgan fingerprint density at radius 2 is 2.00 bits per heavy atom. The molecule has 6 heteroatoms. The standard InChI is InChI=1S/C12H15FN2O3/c1-2-18-12(17)8-14-7-11(16)15-10-6-4-3-5-9(10)13/h3-6,14H,2,7-8H2,1H3,(H,15,16). The van der Waals surface area contributed by atoms with Crippen molar-refractivity contribution in [2.45, 2.75) is 6.92 Å².